The van der Waals surface area contributed by atoms with Crippen LogP contribution in [0.4, 0.5) is 5.82 Å². The smallest absolute Gasteiger partial charge is 0.219 e. The van der Waals surface area contributed by atoms with Gasteiger partial charge in [-0.3, -0.25) is 4.79 Å². The van der Waals surface area contributed by atoms with Crippen LogP contribution in [0.25, 0.3) is 16.9 Å². The maximum Gasteiger partial charge on any atom is 0.219 e. The van der Waals surface area contributed by atoms with Gasteiger partial charge in [-0.1, -0.05) is 11.3 Å². The van der Waals surface area contributed by atoms with Gasteiger partial charge >= 0.3 is 0 Å². The molecule has 0 saturated carbocycles. The molecule has 0 aliphatic carbocycles. The van der Waals surface area contributed by atoms with E-state index in [-0.39, 0.29) is 5.91 Å². The average molecular weight is 353 g/mol. The highest BCUT2D eigenvalue weighted by molar-refractivity contribution is 5.84. The van der Waals surface area contributed by atoms with Crippen molar-refractivity contribution in [2.75, 3.05) is 38.2 Å². The summed E-state index contributed by atoms with van der Waals surface area (Å²) >= 11 is 0. The molecule has 0 bridgehead atoms. The highest BCUT2D eigenvalue weighted by Gasteiger charge is 2.23. The second kappa shape index (κ2) is 6.58. The van der Waals surface area contributed by atoms with Crippen LogP contribution in [0.5, 0.6) is 5.75 Å². The molecule has 1 aromatic carbocycles. The molecule has 1 fully saturated rings. The lowest BCUT2D eigenvalue weighted by molar-refractivity contribution is -0.129. The first kappa shape index (κ1) is 16.2. The first-order valence-corrected chi connectivity index (χ1v) is 8.38. The third-order valence-corrected chi connectivity index (χ3v) is 4.54. The molecular weight excluding hydrogens is 334 g/mol. The van der Waals surface area contributed by atoms with E-state index in [4.69, 9.17) is 4.74 Å². The van der Waals surface area contributed by atoms with Crippen LogP contribution in [0.3, 0.4) is 0 Å². The van der Waals surface area contributed by atoms with Crippen molar-refractivity contribution in [3.05, 3.63) is 30.6 Å². The van der Waals surface area contributed by atoms with Crippen molar-refractivity contribution in [2.45, 2.75) is 6.92 Å². The largest absolute Gasteiger partial charge is 0.497 e. The quantitative estimate of drug-likeness (QED) is 0.691. The van der Waals surface area contributed by atoms with Crippen LogP contribution >= 0.6 is 0 Å². The minimum absolute atomic E-state index is 0.0986. The number of methoxy groups -OCH3 is 1. The molecule has 0 N–H and O–H groups in total. The number of hydrogen-bond donors (Lipinski definition) is 0. The normalized spacial score (nSPS) is 14.7. The number of fused-ring (bicyclic) bond motifs is 1. The van der Waals surface area contributed by atoms with E-state index < -0.39 is 0 Å². The molecule has 4 rings (SSSR count). The molecule has 0 atom stereocenters. The van der Waals surface area contributed by atoms with Crippen LogP contribution in [-0.2, 0) is 4.79 Å². The zero-order valence-electron chi connectivity index (χ0n) is 14.7. The fourth-order valence-corrected chi connectivity index (χ4v) is 3.12. The van der Waals surface area contributed by atoms with E-state index in [2.05, 4.69) is 25.2 Å². The lowest BCUT2D eigenvalue weighted by atomic mass is 10.3. The molecule has 26 heavy (non-hydrogen) atoms. The van der Waals surface area contributed by atoms with Crippen LogP contribution < -0.4 is 9.64 Å². The van der Waals surface area contributed by atoms with E-state index in [9.17, 15) is 4.79 Å². The Morgan fingerprint density at radius 1 is 1.15 bits per heavy atom. The van der Waals surface area contributed by atoms with Gasteiger partial charge in [0.25, 0.3) is 0 Å². The maximum atomic E-state index is 11.5. The Balaban J connectivity index is 1.68. The van der Waals surface area contributed by atoms with Crippen molar-refractivity contribution >= 4 is 22.9 Å². The molecule has 1 amide bonds. The van der Waals surface area contributed by atoms with Crippen molar-refractivity contribution in [3.63, 3.8) is 0 Å². The lowest BCUT2D eigenvalue weighted by Gasteiger charge is -2.34. The summed E-state index contributed by atoms with van der Waals surface area (Å²) in [6.45, 7) is 4.35. The van der Waals surface area contributed by atoms with Crippen LogP contribution in [0.1, 0.15) is 6.92 Å². The number of amides is 1. The molecule has 134 valence electrons. The van der Waals surface area contributed by atoms with Gasteiger partial charge in [-0.05, 0) is 12.1 Å². The monoisotopic (exact) mass is 353 g/mol. The molecule has 0 unspecified atom stereocenters. The number of hydrogen-bond acceptors (Lipinski definition) is 7. The summed E-state index contributed by atoms with van der Waals surface area (Å²) in [6, 6.07) is 7.56. The predicted molar refractivity (Wildman–Crippen MR) is 95.5 cm³/mol. The minimum atomic E-state index is 0.0986. The van der Waals surface area contributed by atoms with E-state index in [1.807, 2.05) is 29.2 Å². The summed E-state index contributed by atoms with van der Waals surface area (Å²) in [5.41, 5.74) is 2.10. The molecule has 0 radical (unpaired) electrons. The standard InChI is InChI=1S/C17H19N7O2/c1-12(25)22-6-8-23(9-7-22)16-15-17(19-11-18-16)24(21-20-15)13-4-3-5-14(10-13)26-2/h3-5,10-11H,6-9H2,1-2H3. The second-order valence-corrected chi connectivity index (χ2v) is 6.07. The Kier molecular flexibility index (Phi) is 4.11. The number of rotatable bonds is 3. The summed E-state index contributed by atoms with van der Waals surface area (Å²) in [4.78, 5) is 24.2. The fraction of sp³-hybridized carbons (Fsp3) is 0.353. The van der Waals surface area contributed by atoms with Crippen LogP contribution in [0.2, 0.25) is 0 Å². The molecule has 0 spiro atoms. The molecule has 9 heteroatoms. The van der Waals surface area contributed by atoms with E-state index >= 15 is 0 Å². The van der Waals surface area contributed by atoms with Gasteiger partial charge in [0.05, 0.1) is 12.8 Å². The number of nitrogens with zero attached hydrogens (tertiary/aromatic N) is 7. The Bertz CT molecular complexity index is 947. The molecular formula is C17H19N7O2. The molecule has 3 heterocycles. The highest BCUT2D eigenvalue weighted by atomic mass is 16.5. The van der Waals surface area contributed by atoms with Gasteiger partial charge < -0.3 is 14.5 Å². The van der Waals surface area contributed by atoms with Crippen molar-refractivity contribution in [1.82, 2.24) is 29.9 Å². The van der Waals surface area contributed by atoms with Crippen molar-refractivity contribution in [1.29, 1.82) is 0 Å². The van der Waals surface area contributed by atoms with Crippen LogP contribution in [-0.4, -0.2) is 69.1 Å². The highest BCUT2D eigenvalue weighted by Crippen LogP contribution is 2.24. The number of carbonyl (C=O) groups excluding carboxylic acids is 1. The summed E-state index contributed by atoms with van der Waals surface area (Å²) in [7, 11) is 1.62. The Morgan fingerprint density at radius 2 is 1.96 bits per heavy atom. The topological polar surface area (TPSA) is 89.3 Å². The first-order chi connectivity index (χ1) is 12.7. The summed E-state index contributed by atoms with van der Waals surface area (Å²) in [6.07, 6.45) is 1.52. The molecule has 1 aliphatic heterocycles. The predicted octanol–water partition coefficient (Wildman–Crippen LogP) is 0.888. The third kappa shape index (κ3) is 2.81. The van der Waals surface area contributed by atoms with Gasteiger partial charge in [0.1, 0.15) is 12.1 Å². The fourth-order valence-electron chi connectivity index (χ4n) is 3.12. The van der Waals surface area contributed by atoms with E-state index in [0.717, 1.165) is 17.3 Å². The van der Waals surface area contributed by atoms with E-state index in [1.54, 1.807) is 18.7 Å². The number of carbonyl (C=O) groups is 1. The Morgan fingerprint density at radius 3 is 2.69 bits per heavy atom. The lowest BCUT2D eigenvalue weighted by Crippen LogP contribution is -2.48. The van der Waals surface area contributed by atoms with Gasteiger partial charge in [-0.15, -0.1) is 5.10 Å². The molecule has 2 aromatic heterocycles. The zero-order valence-corrected chi connectivity index (χ0v) is 14.7. The van der Waals surface area contributed by atoms with E-state index in [0.29, 0.717) is 37.3 Å². The number of aromatic nitrogens is 5. The first-order valence-electron chi connectivity index (χ1n) is 8.38. The number of anilines is 1. The SMILES string of the molecule is COc1cccc(-n2nnc3c(N4CCN(C(C)=O)CC4)ncnc32)c1. The van der Waals surface area contributed by atoms with Gasteiger partial charge in [0, 0.05) is 39.2 Å². The number of benzene rings is 1. The summed E-state index contributed by atoms with van der Waals surface area (Å²) < 4.78 is 6.95. The maximum absolute atomic E-state index is 11.5. The van der Waals surface area contributed by atoms with Gasteiger partial charge in [0.2, 0.25) is 5.91 Å². The minimum Gasteiger partial charge on any atom is -0.497 e. The second-order valence-electron chi connectivity index (χ2n) is 6.07. The van der Waals surface area contributed by atoms with Crippen LogP contribution in [0, 0.1) is 0 Å². The average Bonchev–Trinajstić information content (AvgIpc) is 3.12. The van der Waals surface area contributed by atoms with Gasteiger partial charge in [0.15, 0.2) is 17.0 Å². The van der Waals surface area contributed by atoms with E-state index in [1.165, 1.54) is 6.33 Å². The molecule has 9 nitrogen and oxygen atoms in total. The van der Waals surface area contributed by atoms with Crippen molar-refractivity contribution in [2.24, 2.45) is 0 Å². The zero-order chi connectivity index (χ0) is 18.1. The molecule has 1 saturated heterocycles. The van der Waals surface area contributed by atoms with Gasteiger partial charge in [-0.25, -0.2) is 9.97 Å². The number of ether oxygens (including phenoxy) is 1. The molecule has 3 aromatic rings. The number of piperazine rings is 1. The third-order valence-electron chi connectivity index (χ3n) is 4.54. The summed E-state index contributed by atoms with van der Waals surface area (Å²) in [5.74, 6) is 1.58. The van der Waals surface area contributed by atoms with Crippen molar-refractivity contribution < 1.29 is 9.53 Å². The Hall–Kier alpha value is -3.23. The molecule has 1 aliphatic rings. The summed E-state index contributed by atoms with van der Waals surface area (Å²) in [5, 5.41) is 8.56. The Labute approximate surface area is 150 Å². The van der Waals surface area contributed by atoms with Gasteiger partial charge in [-0.2, -0.15) is 4.68 Å². The van der Waals surface area contributed by atoms with Crippen LogP contribution in [0.15, 0.2) is 30.6 Å². The van der Waals surface area contributed by atoms with Crippen molar-refractivity contribution in [3.8, 4) is 11.4 Å².